The molecular formula is C41H48N4O10. The molecular weight excluding hydrogens is 708 g/mol. The Hall–Kier alpha value is -6.18. The largest absolute Gasteiger partial charge is 0.462 e. The van der Waals surface area contributed by atoms with Gasteiger partial charge in [-0.1, -0.05) is 50.2 Å². The van der Waals surface area contributed by atoms with Crippen LogP contribution in [0.5, 0.6) is 0 Å². The number of aromatic nitrogens is 2. The maximum absolute atomic E-state index is 13.4. The lowest BCUT2D eigenvalue weighted by molar-refractivity contribution is -0.164. The predicted octanol–water partition coefficient (Wildman–Crippen LogP) is 6.36. The van der Waals surface area contributed by atoms with Gasteiger partial charge in [0, 0.05) is 64.8 Å². The van der Waals surface area contributed by atoms with Gasteiger partial charge in [0.15, 0.2) is 6.10 Å². The first kappa shape index (κ1) is 41.6. The Bertz CT molecular complexity index is 2160. The van der Waals surface area contributed by atoms with Crippen LogP contribution in [0.3, 0.4) is 0 Å². The number of amides is 2. The predicted molar refractivity (Wildman–Crippen MR) is 207 cm³/mol. The molecule has 0 radical (unpaired) electrons. The van der Waals surface area contributed by atoms with Crippen molar-refractivity contribution < 1.29 is 47.7 Å². The summed E-state index contributed by atoms with van der Waals surface area (Å²) in [5.74, 6) is -3.04. The number of hydrogen-bond donors (Lipinski definition) is 2. The van der Waals surface area contributed by atoms with Crippen molar-refractivity contribution in [3.05, 3.63) is 84.2 Å². The molecule has 4 rings (SSSR count). The monoisotopic (exact) mass is 756 g/mol. The average Bonchev–Trinajstić information content (AvgIpc) is 3.65. The number of nitrogens with zero attached hydrogens (tertiary/aromatic N) is 2. The molecule has 14 nitrogen and oxygen atoms in total. The van der Waals surface area contributed by atoms with Crippen LogP contribution in [0.4, 0.5) is 9.59 Å². The van der Waals surface area contributed by atoms with Crippen LogP contribution in [0.1, 0.15) is 72.9 Å². The molecule has 2 aromatic carbocycles. The van der Waals surface area contributed by atoms with E-state index in [-0.39, 0.29) is 19.6 Å². The van der Waals surface area contributed by atoms with E-state index in [1.807, 2.05) is 0 Å². The van der Waals surface area contributed by atoms with Crippen molar-refractivity contribution in [1.29, 1.82) is 0 Å². The number of fused-ring (bicyclic) bond motifs is 2. The molecule has 0 fully saturated rings. The number of esters is 2. The summed E-state index contributed by atoms with van der Waals surface area (Å²) in [5, 5.41) is 3.90. The third kappa shape index (κ3) is 11.4. The lowest BCUT2D eigenvalue weighted by Gasteiger charge is -2.31. The summed E-state index contributed by atoms with van der Waals surface area (Å²) in [7, 11) is 0. The Morgan fingerprint density at radius 1 is 0.709 bits per heavy atom. The number of carbonyl (C=O) groups is 6. The highest BCUT2D eigenvalue weighted by Crippen LogP contribution is 2.28. The molecule has 0 saturated carbocycles. The molecule has 2 heterocycles. The van der Waals surface area contributed by atoms with Crippen molar-refractivity contribution >= 4 is 69.9 Å². The van der Waals surface area contributed by atoms with Gasteiger partial charge in [0.2, 0.25) is 5.91 Å². The Kier molecular flexibility index (Phi) is 12.8. The van der Waals surface area contributed by atoms with E-state index < -0.39 is 58.7 Å². The average molecular weight is 757 g/mol. The summed E-state index contributed by atoms with van der Waals surface area (Å²) in [6, 6.07) is 14.2. The number of ether oxygens (including phenoxy) is 4. The van der Waals surface area contributed by atoms with Gasteiger partial charge in [-0.15, -0.1) is 0 Å². The minimum Gasteiger partial charge on any atom is -0.462 e. The number of nitrogens with two attached hydrogens (primary N) is 1. The lowest BCUT2D eigenvalue weighted by Crippen LogP contribution is -2.49. The van der Waals surface area contributed by atoms with E-state index in [0.29, 0.717) is 32.9 Å². The van der Waals surface area contributed by atoms with E-state index in [0.717, 1.165) is 6.08 Å². The summed E-state index contributed by atoms with van der Waals surface area (Å²) in [6.45, 7) is 13.2. The lowest BCUT2D eigenvalue weighted by atomic mass is 9.86. The number of carbonyl (C=O) groups excluding carboxylic acids is 6. The molecule has 2 aromatic heterocycles. The van der Waals surface area contributed by atoms with E-state index in [2.05, 4.69) is 5.32 Å². The molecule has 292 valence electrons. The topological polar surface area (TPSA) is 187 Å². The van der Waals surface area contributed by atoms with Crippen molar-refractivity contribution in [3.63, 3.8) is 0 Å². The number of primary amides is 1. The van der Waals surface area contributed by atoms with Crippen LogP contribution >= 0.6 is 0 Å². The number of para-hydroxylation sites is 2. The second kappa shape index (κ2) is 16.9. The zero-order valence-electron chi connectivity index (χ0n) is 32.3. The highest BCUT2D eigenvalue weighted by Gasteiger charge is 2.39. The zero-order chi connectivity index (χ0) is 40.7. The first-order valence-electron chi connectivity index (χ1n) is 17.6. The molecule has 0 unspecified atom stereocenters. The maximum Gasteiger partial charge on any atom is 0.419 e. The summed E-state index contributed by atoms with van der Waals surface area (Å²) >= 11 is 0. The van der Waals surface area contributed by atoms with Gasteiger partial charge in [-0.2, -0.15) is 0 Å². The van der Waals surface area contributed by atoms with Crippen LogP contribution in [0, 0.1) is 5.41 Å². The molecule has 14 heteroatoms. The van der Waals surface area contributed by atoms with Crippen LogP contribution in [-0.2, 0) is 38.1 Å². The number of benzene rings is 2. The fourth-order valence-corrected chi connectivity index (χ4v) is 5.42. The summed E-state index contributed by atoms with van der Waals surface area (Å²) < 4.78 is 24.9. The standard InChI is InChI=1S/C41H48N4O10/c1-39(2,3)54-37(50)44-23-26(28-13-9-11-15-30(28)44)17-19-33(47)52-25-41(7,8)35(36(49)43-22-21-32(42)46)53-34(48)20-18-27-24-45(38(51)55-40(4,5)6)31-16-12-10-14-29(27)31/h9-20,23-24,35H,21-22,25H2,1-8H3,(H2,42,46)(H,43,49)/b19-17+,20-18+/t35-/m0/s1. The van der Waals surface area contributed by atoms with Gasteiger partial charge in [-0.3, -0.25) is 18.7 Å². The van der Waals surface area contributed by atoms with Crippen molar-refractivity contribution in [2.75, 3.05) is 13.2 Å². The normalized spacial score (nSPS) is 12.9. The molecule has 4 aromatic rings. The summed E-state index contributed by atoms with van der Waals surface area (Å²) in [6.07, 6.45) is 5.52. The summed E-state index contributed by atoms with van der Waals surface area (Å²) in [5.41, 5.74) is 4.70. The van der Waals surface area contributed by atoms with Crippen molar-refractivity contribution in [3.8, 4) is 0 Å². The Morgan fingerprint density at radius 2 is 1.16 bits per heavy atom. The highest BCUT2D eigenvalue weighted by molar-refractivity contribution is 5.99. The first-order valence-corrected chi connectivity index (χ1v) is 17.6. The van der Waals surface area contributed by atoms with Crippen LogP contribution in [0.25, 0.3) is 34.0 Å². The fourth-order valence-electron chi connectivity index (χ4n) is 5.42. The van der Waals surface area contributed by atoms with E-state index in [1.165, 1.54) is 33.6 Å². The number of hydrogen-bond acceptors (Lipinski definition) is 10. The van der Waals surface area contributed by atoms with Crippen molar-refractivity contribution in [2.24, 2.45) is 11.1 Å². The number of rotatable bonds is 12. The fraction of sp³-hybridized carbons (Fsp3) is 0.366. The highest BCUT2D eigenvalue weighted by atomic mass is 16.6. The molecule has 3 N–H and O–H groups in total. The molecule has 2 amide bonds. The van der Waals surface area contributed by atoms with Gasteiger partial charge in [0.1, 0.15) is 17.8 Å². The Balaban J connectivity index is 1.51. The van der Waals surface area contributed by atoms with E-state index in [4.69, 9.17) is 24.7 Å². The van der Waals surface area contributed by atoms with E-state index in [9.17, 15) is 28.8 Å². The SMILES string of the molecule is CC(C)(C)OC(=O)n1cc(/C=C/C(=O)OCC(C)(C)[C@@H](OC(=O)/C=C/c2cn(C(=O)OC(C)(C)C)c3ccccc23)C(=O)NCCC(N)=O)c2ccccc21. The minimum atomic E-state index is -1.48. The van der Waals surface area contributed by atoms with Gasteiger partial charge < -0.3 is 30.0 Å². The number of nitrogens with one attached hydrogen (secondary N) is 1. The van der Waals surface area contributed by atoms with Crippen LogP contribution in [-0.4, -0.2) is 75.5 Å². The smallest absolute Gasteiger partial charge is 0.419 e. The minimum absolute atomic E-state index is 0.113. The van der Waals surface area contributed by atoms with E-state index >= 15 is 0 Å². The molecule has 55 heavy (non-hydrogen) atoms. The molecule has 0 aliphatic heterocycles. The van der Waals surface area contributed by atoms with Gasteiger partial charge >= 0.3 is 24.1 Å². The molecule has 0 bridgehead atoms. The molecule has 0 aliphatic rings. The van der Waals surface area contributed by atoms with Gasteiger partial charge in [-0.25, -0.2) is 19.2 Å². The van der Waals surface area contributed by atoms with E-state index in [1.54, 1.807) is 110 Å². The quantitative estimate of drug-likeness (QED) is 0.0936. The third-order valence-corrected chi connectivity index (χ3v) is 7.90. The Labute approximate surface area is 319 Å². The second-order valence-electron chi connectivity index (χ2n) is 15.5. The van der Waals surface area contributed by atoms with Crippen LogP contribution in [0.15, 0.2) is 73.1 Å². The van der Waals surface area contributed by atoms with Gasteiger partial charge in [-0.05, 0) is 65.8 Å². The zero-order valence-corrected chi connectivity index (χ0v) is 32.3. The maximum atomic E-state index is 13.4. The molecule has 0 saturated heterocycles. The molecule has 1 atom stereocenters. The van der Waals surface area contributed by atoms with Crippen LogP contribution < -0.4 is 11.1 Å². The van der Waals surface area contributed by atoms with Gasteiger partial charge in [0.25, 0.3) is 5.91 Å². The van der Waals surface area contributed by atoms with Gasteiger partial charge in [0.05, 0.1) is 11.0 Å². The van der Waals surface area contributed by atoms with Crippen molar-refractivity contribution in [1.82, 2.24) is 14.5 Å². The third-order valence-electron chi connectivity index (χ3n) is 7.90. The molecule has 0 spiro atoms. The van der Waals surface area contributed by atoms with Crippen molar-refractivity contribution in [2.45, 2.75) is 79.1 Å². The summed E-state index contributed by atoms with van der Waals surface area (Å²) in [4.78, 5) is 76.7. The second-order valence-corrected chi connectivity index (χ2v) is 15.5. The Morgan fingerprint density at radius 3 is 1.62 bits per heavy atom. The van der Waals surface area contributed by atoms with Crippen LogP contribution in [0.2, 0.25) is 0 Å². The molecule has 0 aliphatic carbocycles. The first-order chi connectivity index (χ1) is 25.6.